The van der Waals surface area contributed by atoms with E-state index in [1.165, 1.54) is 11.9 Å². The van der Waals surface area contributed by atoms with Crippen LogP contribution in [0.1, 0.15) is 16.7 Å². The molecule has 1 atom stereocenters. The first-order valence-corrected chi connectivity index (χ1v) is 13.2. The van der Waals surface area contributed by atoms with E-state index in [1.54, 1.807) is 24.3 Å². The van der Waals surface area contributed by atoms with Gasteiger partial charge in [-0.15, -0.1) is 0 Å². The molecule has 184 valence electrons. The van der Waals surface area contributed by atoms with E-state index in [2.05, 4.69) is 5.32 Å². The summed E-state index contributed by atoms with van der Waals surface area (Å²) in [5, 5.41) is 2.66. The minimum absolute atomic E-state index is 0.163. The fourth-order valence-corrected chi connectivity index (χ4v) is 4.68. The maximum Gasteiger partial charge on any atom is 0.244 e. The summed E-state index contributed by atoms with van der Waals surface area (Å²) >= 11 is 0. The molecule has 0 fully saturated rings. The van der Waals surface area contributed by atoms with Crippen LogP contribution in [0.3, 0.4) is 0 Å². The fraction of sp³-hybridized carbons (Fsp3) is 0.259. The first-order chi connectivity index (χ1) is 16.7. The van der Waals surface area contributed by atoms with Gasteiger partial charge in [-0.2, -0.15) is 0 Å². The second kappa shape index (κ2) is 11.7. The third-order valence-electron chi connectivity index (χ3n) is 5.71. The zero-order chi connectivity index (χ0) is 25.4. The Hall–Kier alpha value is -3.65. The van der Waals surface area contributed by atoms with Crippen LogP contribution in [0.15, 0.2) is 84.9 Å². The van der Waals surface area contributed by atoms with Crippen LogP contribution in [-0.4, -0.2) is 51.0 Å². The van der Waals surface area contributed by atoms with Crippen LogP contribution in [0.25, 0.3) is 0 Å². The highest BCUT2D eigenvalue weighted by Gasteiger charge is 2.32. The third kappa shape index (κ3) is 7.16. The molecule has 0 aliphatic carbocycles. The van der Waals surface area contributed by atoms with E-state index in [0.29, 0.717) is 12.1 Å². The number of nitrogens with one attached hydrogen (secondary N) is 1. The molecule has 0 spiro atoms. The summed E-state index contributed by atoms with van der Waals surface area (Å²) in [6.07, 6.45) is 1.37. The molecule has 0 unspecified atom stereocenters. The Kier molecular flexibility index (Phi) is 8.65. The average molecular weight is 494 g/mol. The summed E-state index contributed by atoms with van der Waals surface area (Å²) in [6.45, 7) is 1.64. The highest BCUT2D eigenvalue weighted by Crippen LogP contribution is 2.20. The minimum atomic E-state index is -3.76. The SMILES string of the molecule is CNC(=O)[C@H](Cc1ccccc1)N(Cc1ccccc1)C(=O)CN(c1ccc(C)cc1)S(C)(=O)=O. The van der Waals surface area contributed by atoms with E-state index >= 15 is 0 Å². The Bertz CT molecular complexity index is 1230. The summed E-state index contributed by atoms with van der Waals surface area (Å²) in [5.74, 6) is -0.788. The van der Waals surface area contributed by atoms with Crippen LogP contribution in [0.4, 0.5) is 5.69 Å². The Morgan fingerprint density at radius 3 is 1.91 bits per heavy atom. The second-order valence-corrected chi connectivity index (χ2v) is 10.3. The highest BCUT2D eigenvalue weighted by atomic mass is 32.2. The largest absolute Gasteiger partial charge is 0.357 e. The molecule has 0 aromatic heterocycles. The number of nitrogens with zero attached hydrogens (tertiary/aromatic N) is 2. The lowest BCUT2D eigenvalue weighted by atomic mass is 10.0. The zero-order valence-electron chi connectivity index (χ0n) is 20.2. The number of likely N-dealkylation sites (N-methyl/N-ethyl adjacent to an activating group) is 1. The highest BCUT2D eigenvalue weighted by molar-refractivity contribution is 7.92. The zero-order valence-corrected chi connectivity index (χ0v) is 21.0. The van der Waals surface area contributed by atoms with Crippen molar-refractivity contribution in [2.24, 2.45) is 0 Å². The predicted molar refractivity (Wildman–Crippen MR) is 138 cm³/mol. The first-order valence-electron chi connectivity index (χ1n) is 11.3. The van der Waals surface area contributed by atoms with E-state index in [-0.39, 0.29) is 12.5 Å². The summed E-state index contributed by atoms with van der Waals surface area (Å²) in [7, 11) is -2.23. The molecule has 1 N–H and O–H groups in total. The van der Waals surface area contributed by atoms with E-state index in [4.69, 9.17) is 0 Å². The fourth-order valence-electron chi connectivity index (χ4n) is 3.83. The molecule has 0 radical (unpaired) electrons. The standard InChI is InChI=1S/C27H31N3O4S/c1-21-14-16-24(17-15-21)30(35(3,33)34)20-26(31)29(19-23-12-8-5-9-13-23)25(27(32)28-2)18-22-10-6-4-7-11-22/h4-17,25H,18-20H2,1-3H3,(H,28,32)/t25-/m0/s1. The summed E-state index contributed by atoms with van der Waals surface area (Å²) < 4.78 is 26.4. The normalized spacial score (nSPS) is 12.0. The molecule has 3 aromatic carbocycles. The van der Waals surface area contributed by atoms with Crippen LogP contribution in [0.2, 0.25) is 0 Å². The monoisotopic (exact) mass is 493 g/mol. The molecule has 0 aliphatic heterocycles. The van der Waals surface area contributed by atoms with Gasteiger partial charge in [-0.1, -0.05) is 78.4 Å². The van der Waals surface area contributed by atoms with Crippen molar-refractivity contribution in [1.29, 1.82) is 0 Å². The van der Waals surface area contributed by atoms with E-state index in [1.807, 2.05) is 67.6 Å². The topological polar surface area (TPSA) is 86.8 Å². The summed E-state index contributed by atoms with van der Waals surface area (Å²) in [4.78, 5) is 28.2. The maximum atomic E-state index is 13.7. The van der Waals surface area contributed by atoms with Crippen molar-refractivity contribution in [3.05, 3.63) is 102 Å². The van der Waals surface area contributed by atoms with Crippen LogP contribution < -0.4 is 9.62 Å². The number of hydrogen-bond donors (Lipinski definition) is 1. The van der Waals surface area contributed by atoms with Crippen molar-refractivity contribution in [2.45, 2.75) is 25.9 Å². The lowest BCUT2D eigenvalue weighted by molar-refractivity contribution is -0.139. The van der Waals surface area contributed by atoms with Crippen LogP contribution in [0, 0.1) is 6.92 Å². The Morgan fingerprint density at radius 1 is 0.857 bits per heavy atom. The molecule has 0 aliphatic rings. The molecule has 0 saturated heterocycles. The van der Waals surface area contributed by atoms with E-state index in [9.17, 15) is 18.0 Å². The van der Waals surface area contributed by atoms with Gasteiger partial charge >= 0.3 is 0 Å². The van der Waals surface area contributed by atoms with Crippen molar-refractivity contribution in [3.8, 4) is 0 Å². The van der Waals surface area contributed by atoms with E-state index < -0.39 is 28.5 Å². The van der Waals surface area contributed by atoms with Crippen molar-refractivity contribution in [1.82, 2.24) is 10.2 Å². The number of sulfonamides is 1. The van der Waals surface area contributed by atoms with Crippen molar-refractivity contribution in [2.75, 3.05) is 24.2 Å². The van der Waals surface area contributed by atoms with E-state index in [0.717, 1.165) is 27.3 Å². The number of rotatable bonds is 10. The van der Waals surface area contributed by atoms with Gasteiger partial charge in [-0.3, -0.25) is 13.9 Å². The molecule has 0 saturated carbocycles. The van der Waals surface area contributed by atoms with Gasteiger partial charge in [0.15, 0.2) is 0 Å². The molecule has 8 heteroatoms. The minimum Gasteiger partial charge on any atom is -0.357 e. The van der Waals surface area contributed by atoms with Gasteiger partial charge in [0, 0.05) is 20.0 Å². The van der Waals surface area contributed by atoms with Gasteiger partial charge in [-0.25, -0.2) is 8.42 Å². The van der Waals surface area contributed by atoms with Crippen molar-refractivity contribution in [3.63, 3.8) is 0 Å². The first kappa shape index (κ1) is 26.0. The summed E-state index contributed by atoms with van der Waals surface area (Å²) in [5.41, 5.74) is 3.10. The Morgan fingerprint density at radius 2 is 1.40 bits per heavy atom. The van der Waals surface area contributed by atoms with Gasteiger partial charge in [0.2, 0.25) is 21.8 Å². The second-order valence-electron chi connectivity index (χ2n) is 8.43. The van der Waals surface area contributed by atoms with Gasteiger partial charge in [0.25, 0.3) is 0 Å². The smallest absolute Gasteiger partial charge is 0.244 e. The van der Waals surface area contributed by atoms with Crippen molar-refractivity contribution >= 4 is 27.5 Å². The number of amides is 2. The number of carbonyl (C=O) groups is 2. The van der Waals surface area contributed by atoms with Crippen LogP contribution in [0.5, 0.6) is 0 Å². The van der Waals surface area contributed by atoms with Crippen LogP contribution in [-0.2, 0) is 32.6 Å². The van der Waals surface area contributed by atoms with Gasteiger partial charge in [-0.05, 0) is 30.2 Å². The average Bonchev–Trinajstić information content (AvgIpc) is 2.85. The third-order valence-corrected chi connectivity index (χ3v) is 6.85. The predicted octanol–water partition coefficient (Wildman–Crippen LogP) is 3.15. The number of benzene rings is 3. The maximum absolute atomic E-state index is 13.7. The van der Waals surface area contributed by atoms with Crippen LogP contribution >= 0.6 is 0 Å². The molecule has 0 bridgehead atoms. The number of carbonyl (C=O) groups excluding carboxylic acids is 2. The van der Waals surface area contributed by atoms with Gasteiger partial charge < -0.3 is 10.2 Å². The Balaban J connectivity index is 1.99. The number of hydrogen-bond acceptors (Lipinski definition) is 4. The van der Waals surface area contributed by atoms with Gasteiger partial charge in [0.05, 0.1) is 11.9 Å². The number of anilines is 1. The van der Waals surface area contributed by atoms with Crippen molar-refractivity contribution < 1.29 is 18.0 Å². The summed E-state index contributed by atoms with van der Waals surface area (Å²) in [6, 6.07) is 24.9. The lowest BCUT2D eigenvalue weighted by Crippen LogP contribution is -2.52. The number of aryl methyl sites for hydroxylation is 1. The molecular weight excluding hydrogens is 462 g/mol. The quantitative estimate of drug-likeness (QED) is 0.470. The molecule has 3 aromatic rings. The molecule has 35 heavy (non-hydrogen) atoms. The molecule has 7 nitrogen and oxygen atoms in total. The molecule has 2 amide bonds. The molecule has 3 rings (SSSR count). The Labute approximate surface area is 207 Å². The van der Waals surface area contributed by atoms with Gasteiger partial charge in [0.1, 0.15) is 12.6 Å². The lowest BCUT2D eigenvalue weighted by Gasteiger charge is -2.33. The molecular formula is C27H31N3O4S. The molecule has 0 heterocycles.